The molecule has 0 aliphatic rings. The van der Waals surface area contributed by atoms with Gasteiger partial charge in [0, 0.05) is 12.7 Å². The van der Waals surface area contributed by atoms with Gasteiger partial charge in [0.2, 0.25) is 0 Å². The zero-order valence-electron chi connectivity index (χ0n) is 7.76. The largest absolute Gasteiger partial charge is 0.357 e. The number of aromatic nitrogens is 1. The van der Waals surface area contributed by atoms with E-state index in [1.165, 1.54) is 0 Å². The number of hydrogen-bond donors (Lipinski definition) is 3. The number of rotatable bonds is 5. The van der Waals surface area contributed by atoms with Crippen LogP contribution in [0.15, 0.2) is 18.3 Å². The molecule has 0 saturated carbocycles. The standard InChI is InChI=1S/C9H15N3O/c1-10-5-3-7-12-9(13)8-4-2-6-11-8/h2,4,6,10-11H,3,5,7H2,1H3,(H,12,13). The van der Waals surface area contributed by atoms with E-state index in [4.69, 9.17) is 0 Å². The van der Waals surface area contributed by atoms with Gasteiger partial charge in [0.25, 0.3) is 5.91 Å². The Morgan fingerprint density at radius 3 is 3.00 bits per heavy atom. The van der Waals surface area contributed by atoms with Gasteiger partial charge in [-0.25, -0.2) is 0 Å². The Bertz CT molecular complexity index is 243. The van der Waals surface area contributed by atoms with E-state index in [1.807, 2.05) is 13.1 Å². The lowest BCUT2D eigenvalue weighted by Crippen LogP contribution is -2.26. The van der Waals surface area contributed by atoms with Crippen LogP contribution in [0.25, 0.3) is 0 Å². The Balaban J connectivity index is 2.19. The predicted octanol–water partition coefficient (Wildman–Crippen LogP) is 0.354. The first-order chi connectivity index (χ1) is 6.34. The van der Waals surface area contributed by atoms with Crippen molar-refractivity contribution in [1.82, 2.24) is 15.6 Å². The van der Waals surface area contributed by atoms with Crippen molar-refractivity contribution in [2.24, 2.45) is 0 Å². The van der Waals surface area contributed by atoms with Crippen LogP contribution in [-0.4, -0.2) is 31.0 Å². The normalized spacial score (nSPS) is 9.92. The van der Waals surface area contributed by atoms with E-state index in [0.29, 0.717) is 12.2 Å². The second-order valence-electron chi connectivity index (χ2n) is 2.80. The number of aromatic amines is 1. The van der Waals surface area contributed by atoms with Gasteiger partial charge in [-0.15, -0.1) is 0 Å². The molecule has 1 aromatic heterocycles. The Morgan fingerprint density at radius 2 is 2.38 bits per heavy atom. The van der Waals surface area contributed by atoms with Crippen molar-refractivity contribution in [3.63, 3.8) is 0 Å². The maximum atomic E-state index is 11.3. The highest BCUT2D eigenvalue weighted by Gasteiger charge is 2.03. The summed E-state index contributed by atoms with van der Waals surface area (Å²) in [4.78, 5) is 14.2. The molecule has 72 valence electrons. The lowest BCUT2D eigenvalue weighted by Gasteiger charge is -2.02. The Hall–Kier alpha value is -1.29. The van der Waals surface area contributed by atoms with Gasteiger partial charge in [-0.3, -0.25) is 4.79 Å². The number of amides is 1. The van der Waals surface area contributed by atoms with Crippen molar-refractivity contribution in [1.29, 1.82) is 0 Å². The molecule has 0 atom stereocenters. The molecule has 1 amide bonds. The van der Waals surface area contributed by atoms with Crippen LogP contribution in [0.3, 0.4) is 0 Å². The van der Waals surface area contributed by atoms with Gasteiger partial charge in [0.05, 0.1) is 0 Å². The Kier molecular flexibility index (Phi) is 4.05. The highest BCUT2D eigenvalue weighted by Crippen LogP contribution is 1.92. The number of H-pyrrole nitrogens is 1. The summed E-state index contributed by atoms with van der Waals surface area (Å²) in [5.41, 5.74) is 0.615. The van der Waals surface area contributed by atoms with Crippen LogP contribution in [-0.2, 0) is 0 Å². The molecule has 1 heterocycles. The molecule has 0 fully saturated rings. The fourth-order valence-corrected chi connectivity index (χ4v) is 1.03. The van der Waals surface area contributed by atoms with Crippen molar-refractivity contribution in [3.8, 4) is 0 Å². The maximum Gasteiger partial charge on any atom is 0.267 e. The highest BCUT2D eigenvalue weighted by molar-refractivity contribution is 5.92. The van der Waals surface area contributed by atoms with Crippen LogP contribution in [0.2, 0.25) is 0 Å². The van der Waals surface area contributed by atoms with Gasteiger partial charge >= 0.3 is 0 Å². The topological polar surface area (TPSA) is 56.9 Å². The molecule has 0 unspecified atom stereocenters. The summed E-state index contributed by atoms with van der Waals surface area (Å²) >= 11 is 0. The molecular formula is C9H15N3O. The number of carbonyl (C=O) groups excluding carboxylic acids is 1. The molecule has 0 bridgehead atoms. The fourth-order valence-electron chi connectivity index (χ4n) is 1.03. The van der Waals surface area contributed by atoms with Crippen LogP contribution < -0.4 is 10.6 Å². The van der Waals surface area contributed by atoms with Crippen molar-refractivity contribution in [3.05, 3.63) is 24.0 Å². The van der Waals surface area contributed by atoms with Crippen LogP contribution in [0, 0.1) is 0 Å². The van der Waals surface area contributed by atoms with E-state index in [1.54, 1.807) is 12.3 Å². The van der Waals surface area contributed by atoms with Crippen molar-refractivity contribution in [2.75, 3.05) is 20.1 Å². The van der Waals surface area contributed by atoms with Gasteiger partial charge in [0.15, 0.2) is 0 Å². The quantitative estimate of drug-likeness (QED) is 0.574. The van der Waals surface area contributed by atoms with Gasteiger partial charge in [-0.05, 0) is 32.1 Å². The molecule has 0 aliphatic carbocycles. The summed E-state index contributed by atoms with van der Waals surface area (Å²) < 4.78 is 0. The van der Waals surface area contributed by atoms with Crippen molar-refractivity contribution < 1.29 is 4.79 Å². The van der Waals surface area contributed by atoms with Crippen LogP contribution in [0.1, 0.15) is 16.9 Å². The molecule has 4 heteroatoms. The van der Waals surface area contributed by atoms with Crippen LogP contribution in [0.5, 0.6) is 0 Å². The third kappa shape index (κ3) is 3.29. The van der Waals surface area contributed by atoms with Crippen molar-refractivity contribution >= 4 is 5.91 Å². The summed E-state index contributed by atoms with van der Waals surface area (Å²) in [6.45, 7) is 1.63. The smallest absolute Gasteiger partial charge is 0.267 e. The summed E-state index contributed by atoms with van der Waals surface area (Å²) in [6.07, 6.45) is 2.69. The van der Waals surface area contributed by atoms with Gasteiger partial charge in [-0.1, -0.05) is 0 Å². The molecule has 0 aliphatic heterocycles. The number of carbonyl (C=O) groups is 1. The van der Waals surface area contributed by atoms with Crippen molar-refractivity contribution in [2.45, 2.75) is 6.42 Å². The second-order valence-corrected chi connectivity index (χ2v) is 2.80. The lowest BCUT2D eigenvalue weighted by atomic mass is 10.3. The molecular weight excluding hydrogens is 166 g/mol. The zero-order valence-corrected chi connectivity index (χ0v) is 7.76. The highest BCUT2D eigenvalue weighted by atomic mass is 16.1. The van der Waals surface area contributed by atoms with E-state index in [2.05, 4.69) is 15.6 Å². The summed E-state index contributed by atoms with van der Waals surface area (Å²) in [5, 5.41) is 5.83. The van der Waals surface area contributed by atoms with Gasteiger partial charge < -0.3 is 15.6 Å². The van der Waals surface area contributed by atoms with E-state index in [0.717, 1.165) is 13.0 Å². The third-order valence-corrected chi connectivity index (χ3v) is 1.73. The first-order valence-corrected chi connectivity index (χ1v) is 4.41. The van der Waals surface area contributed by atoms with Crippen LogP contribution in [0.4, 0.5) is 0 Å². The van der Waals surface area contributed by atoms with E-state index < -0.39 is 0 Å². The van der Waals surface area contributed by atoms with E-state index >= 15 is 0 Å². The Morgan fingerprint density at radius 1 is 1.54 bits per heavy atom. The number of nitrogens with one attached hydrogen (secondary N) is 3. The average molecular weight is 181 g/mol. The molecule has 4 nitrogen and oxygen atoms in total. The molecule has 0 radical (unpaired) electrons. The predicted molar refractivity (Wildman–Crippen MR) is 51.7 cm³/mol. The van der Waals surface area contributed by atoms with E-state index in [9.17, 15) is 4.79 Å². The molecule has 0 aromatic carbocycles. The molecule has 0 spiro atoms. The summed E-state index contributed by atoms with van der Waals surface area (Å²) in [5.74, 6) is -0.0406. The van der Waals surface area contributed by atoms with E-state index in [-0.39, 0.29) is 5.91 Å². The lowest BCUT2D eigenvalue weighted by molar-refractivity contribution is 0.0949. The average Bonchev–Trinajstić information content (AvgIpc) is 2.65. The van der Waals surface area contributed by atoms with Crippen LogP contribution >= 0.6 is 0 Å². The van der Waals surface area contributed by atoms with Gasteiger partial charge in [-0.2, -0.15) is 0 Å². The minimum Gasteiger partial charge on any atom is -0.357 e. The molecule has 13 heavy (non-hydrogen) atoms. The monoisotopic (exact) mass is 181 g/mol. The fraction of sp³-hybridized carbons (Fsp3) is 0.444. The minimum absolute atomic E-state index is 0.0406. The Labute approximate surface area is 77.7 Å². The summed E-state index contributed by atoms with van der Waals surface area (Å²) in [6, 6.07) is 3.57. The SMILES string of the molecule is CNCCCNC(=O)c1ccc[nH]1. The van der Waals surface area contributed by atoms with Gasteiger partial charge in [0.1, 0.15) is 5.69 Å². The number of hydrogen-bond acceptors (Lipinski definition) is 2. The second kappa shape index (κ2) is 5.37. The third-order valence-electron chi connectivity index (χ3n) is 1.73. The first-order valence-electron chi connectivity index (χ1n) is 4.41. The molecule has 1 rings (SSSR count). The minimum atomic E-state index is -0.0406. The molecule has 1 aromatic rings. The molecule has 3 N–H and O–H groups in total. The zero-order chi connectivity index (χ0) is 9.52. The first kappa shape index (κ1) is 9.80. The maximum absolute atomic E-state index is 11.3. The summed E-state index contributed by atoms with van der Waals surface area (Å²) in [7, 11) is 1.90. The molecule has 0 saturated heterocycles.